The van der Waals surface area contributed by atoms with Gasteiger partial charge in [-0.15, -0.1) is 5.10 Å². The van der Waals surface area contributed by atoms with Crippen molar-refractivity contribution in [3.05, 3.63) is 75.3 Å². The van der Waals surface area contributed by atoms with Gasteiger partial charge < -0.3 is 5.32 Å². The number of benzene rings is 2. The molecule has 0 saturated carbocycles. The van der Waals surface area contributed by atoms with Gasteiger partial charge in [0.25, 0.3) is 0 Å². The molecule has 3 rings (SSSR count). The minimum absolute atomic E-state index is 0.232. The lowest BCUT2D eigenvalue weighted by Crippen LogP contribution is -2.34. The maximum Gasteiger partial charge on any atom is 0.245 e. The van der Waals surface area contributed by atoms with Crippen LogP contribution in [0.3, 0.4) is 0 Å². The summed E-state index contributed by atoms with van der Waals surface area (Å²) >= 11 is 12.0. The molecule has 27 heavy (non-hydrogen) atoms. The summed E-state index contributed by atoms with van der Waals surface area (Å²) in [4.78, 5) is 12.8. The smallest absolute Gasteiger partial charge is 0.245 e. The first kappa shape index (κ1) is 19.3. The summed E-state index contributed by atoms with van der Waals surface area (Å²) in [5, 5.41) is 15.2. The minimum atomic E-state index is -0.684. The molecule has 1 N–H and O–H groups in total. The van der Waals surface area contributed by atoms with Crippen LogP contribution in [-0.4, -0.2) is 26.1 Å². The second kappa shape index (κ2) is 8.45. The lowest BCUT2D eigenvalue weighted by atomic mass is 10.0. The summed E-state index contributed by atoms with van der Waals surface area (Å²) in [6.45, 7) is 1.94. The Morgan fingerprint density at radius 1 is 1.22 bits per heavy atom. The molecule has 0 aliphatic carbocycles. The summed E-state index contributed by atoms with van der Waals surface area (Å²) < 4.78 is 14.6. The van der Waals surface area contributed by atoms with Gasteiger partial charge in [-0.2, -0.15) is 0 Å². The van der Waals surface area contributed by atoms with Crippen LogP contribution in [-0.2, 0) is 17.8 Å². The Bertz CT molecular complexity index is 945. The van der Waals surface area contributed by atoms with E-state index in [-0.39, 0.29) is 18.3 Å². The van der Waals surface area contributed by atoms with E-state index in [0.717, 1.165) is 11.1 Å². The van der Waals surface area contributed by atoms with Crippen molar-refractivity contribution < 1.29 is 9.18 Å². The van der Waals surface area contributed by atoms with Crippen molar-refractivity contribution in [1.29, 1.82) is 0 Å². The Morgan fingerprint density at radius 2 is 1.96 bits per heavy atom. The minimum Gasteiger partial charge on any atom is -0.350 e. The van der Waals surface area contributed by atoms with Crippen LogP contribution in [0, 0.1) is 12.7 Å². The van der Waals surface area contributed by atoms with E-state index in [1.54, 1.807) is 37.3 Å². The number of carbonyl (C=O) groups is 1. The highest BCUT2D eigenvalue weighted by molar-refractivity contribution is 6.35. The third kappa shape index (κ3) is 4.81. The van der Waals surface area contributed by atoms with Crippen molar-refractivity contribution in [2.75, 3.05) is 0 Å². The molecular weight excluding hydrogens is 392 g/mol. The van der Waals surface area contributed by atoms with Gasteiger partial charge in [0.05, 0.1) is 0 Å². The van der Waals surface area contributed by atoms with Gasteiger partial charge in [0.15, 0.2) is 0 Å². The fraction of sp³-hybridized carbons (Fsp3) is 0.222. The van der Waals surface area contributed by atoms with Gasteiger partial charge >= 0.3 is 0 Å². The number of aryl methyl sites for hydroxylation is 1. The summed E-state index contributed by atoms with van der Waals surface area (Å²) in [5.74, 6) is -0.113. The first-order valence-electron chi connectivity index (χ1n) is 8.14. The zero-order valence-electron chi connectivity index (χ0n) is 14.4. The molecule has 0 radical (unpaired) electrons. The molecule has 0 spiro atoms. The molecule has 0 aliphatic rings. The first-order chi connectivity index (χ1) is 12.9. The number of nitrogens with zero attached hydrogens (tertiary/aromatic N) is 4. The van der Waals surface area contributed by atoms with E-state index in [2.05, 4.69) is 20.8 Å². The first-order valence-corrected chi connectivity index (χ1v) is 8.90. The number of hydrogen-bond donors (Lipinski definition) is 1. The summed E-state index contributed by atoms with van der Waals surface area (Å²) in [5.41, 5.74) is 1.53. The third-order valence-corrected chi connectivity index (χ3v) is 4.65. The van der Waals surface area contributed by atoms with E-state index in [0.29, 0.717) is 22.3 Å². The molecular formula is C18H16Cl2FN5O. The highest BCUT2D eigenvalue weighted by Gasteiger charge is 2.24. The lowest BCUT2D eigenvalue weighted by molar-refractivity contribution is -0.124. The molecule has 0 fully saturated rings. The van der Waals surface area contributed by atoms with E-state index in [1.807, 2.05) is 0 Å². The molecule has 1 aromatic heterocycles. The van der Waals surface area contributed by atoms with Crippen molar-refractivity contribution in [2.24, 2.45) is 0 Å². The van der Waals surface area contributed by atoms with Crippen molar-refractivity contribution in [3.63, 3.8) is 0 Å². The molecule has 6 nitrogen and oxygen atoms in total. The van der Waals surface area contributed by atoms with E-state index >= 15 is 0 Å². The maximum atomic E-state index is 13.2. The molecule has 2 aromatic carbocycles. The number of rotatable bonds is 6. The molecule has 0 bridgehead atoms. The van der Waals surface area contributed by atoms with Crippen LogP contribution in [0.15, 0.2) is 42.5 Å². The summed E-state index contributed by atoms with van der Waals surface area (Å²) in [6.07, 6.45) is 0.312. The van der Waals surface area contributed by atoms with Crippen LogP contribution < -0.4 is 5.32 Å². The number of aromatic nitrogens is 4. The lowest BCUT2D eigenvalue weighted by Gasteiger charge is -2.18. The van der Waals surface area contributed by atoms with Crippen LogP contribution in [0.5, 0.6) is 0 Å². The van der Waals surface area contributed by atoms with Gasteiger partial charge in [-0.05, 0) is 52.7 Å². The normalized spacial score (nSPS) is 12.0. The second-order valence-electron chi connectivity index (χ2n) is 5.97. The summed E-state index contributed by atoms with van der Waals surface area (Å²) in [6, 6.07) is 10.4. The predicted molar refractivity (Wildman–Crippen MR) is 100 cm³/mol. The molecule has 0 aliphatic heterocycles. The van der Waals surface area contributed by atoms with Crippen LogP contribution in [0.25, 0.3) is 0 Å². The highest BCUT2D eigenvalue weighted by Crippen LogP contribution is 2.21. The zero-order chi connectivity index (χ0) is 19.4. The average Bonchev–Trinajstić information content (AvgIpc) is 3.06. The largest absolute Gasteiger partial charge is 0.350 e. The number of nitrogens with one attached hydrogen (secondary N) is 1. The van der Waals surface area contributed by atoms with Gasteiger partial charge in [-0.25, -0.2) is 9.07 Å². The Kier molecular flexibility index (Phi) is 6.03. The second-order valence-corrected chi connectivity index (χ2v) is 6.81. The van der Waals surface area contributed by atoms with E-state index in [4.69, 9.17) is 23.2 Å². The van der Waals surface area contributed by atoms with Crippen molar-refractivity contribution >= 4 is 29.1 Å². The summed E-state index contributed by atoms with van der Waals surface area (Å²) in [7, 11) is 0. The van der Waals surface area contributed by atoms with Crippen LogP contribution in [0.2, 0.25) is 10.0 Å². The average molecular weight is 408 g/mol. The fourth-order valence-electron chi connectivity index (χ4n) is 2.63. The Morgan fingerprint density at radius 3 is 2.59 bits per heavy atom. The number of hydrogen-bond acceptors (Lipinski definition) is 4. The molecule has 140 valence electrons. The van der Waals surface area contributed by atoms with Crippen LogP contribution in [0.4, 0.5) is 4.39 Å². The van der Waals surface area contributed by atoms with E-state index in [1.165, 1.54) is 16.8 Å². The van der Waals surface area contributed by atoms with Gasteiger partial charge in [-0.3, -0.25) is 4.79 Å². The number of amides is 1. The van der Waals surface area contributed by atoms with Crippen molar-refractivity contribution in [2.45, 2.75) is 25.9 Å². The van der Waals surface area contributed by atoms with E-state index < -0.39 is 6.04 Å². The molecule has 9 heteroatoms. The molecule has 1 amide bonds. The van der Waals surface area contributed by atoms with Gasteiger partial charge in [0, 0.05) is 23.0 Å². The zero-order valence-corrected chi connectivity index (χ0v) is 15.9. The highest BCUT2D eigenvalue weighted by atomic mass is 35.5. The SMILES string of the molecule is Cc1nnnn1[C@H](Cc1ccc(F)cc1)C(=O)NCc1ccc(Cl)cc1Cl. The Hall–Kier alpha value is -2.51. The van der Waals surface area contributed by atoms with Crippen LogP contribution >= 0.6 is 23.2 Å². The third-order valence-electron chi connectivity index (χ3n) is 4.07. The molecule has 0 saturated heterocycles. The standard InChI is InChI=1S/C18H16Cl2FN5O/c1-11-23-24-25-26(11)17(8-12-2-6-15(21)7-3-12)18(27)22-10-13-4-5-14(19)9-16(13)20/h2-7,9,17H,8,10H2,1H3,(H,22,27)/t17-/m1/s1. The Labute approximate surface area is 165 Å². The number of tetrazole rings is 1. The molecule has 1 heterocycles. The molecule has 0 unspecified atom stereocenters. The number of carbonyl (C=O) groups excluding carboxylic acids is 1. The van der Waals surface area contributed by atoms with Crippen molar-refractivity contribution in [1.82, 2.24) is 25.5 Å². The quantitative estimate of drug-likeness (QED) is 0.678. The van der Waals surface area contributed by atoms with Crippen LogP contribution in [0.1, 0.15) is 23.0 Å². The Balaban J connectivity index is 1.78. The predicted octanol–water partition coefficient (Wildman–Crippen LogP) is 3.53. The van der Waals surface area contributed by atoms with Gasteiger partial charge in [0.2, 0.25) is 5.91 Å². The van der Waals surface area contributed by atoms with E-state index in [9.17, 15) is 9.18 Å². The van der Waals surface area contributed by atoms with Crippen molar-refractivity contribution in [3.8, 4) is 0 Å². The maximum absolute atomic E-state index is 13.2. The topological polar surface area (TPSA) is 72.7 Å². The monoisotopic (exact) mass is 407 g/mol. The van der Waals surface area contributed by atoms with Gasteiger partial charge in [0.1, 0.15) is 17.7 Å². The number of halogens is 3. The molecule has 3 aromatic rings. The van der Waals surface area contributed by atoms with Gasteiger partial charge in [-0.1, -0.05) is 41.4 Å². The fourth-order valence-corrected chi connectivity index (χ4v) is 3.10. The molecule has 1 atom stereocenters.